The number of Topliss-reactive ketones (excluding diaryl/α,β-unsaturated/α-hetero) is 2. The van der Waals surface area contributed by atoms with Crippen LogP contribution in [0.1, 0.15) is 59.2 Å². The third-order valence-corrected chi connectivity index (χ3v) is 5.97. The molecule has 1 N–H and O–H groups in total. The number of hydrogen-bond acceptors (Lipinski definition) is 5. The Morgan fingerprint density at radius 1 is 1.06 bits per heavy atom. The van der Waals surface area contributed by atoms with Gasteiger partial charge in [-0.3, -0.25) is 9.59 Å². The average Bonchev–Trinajstić information content (AvgIpc) is 2.79. The molecule has 1 fully saturated rings. The van der Waals surface area contributed by atoms with Gasteiger partial charge in [-0.25, -0.2) is 4.39 Å². The minimum absolute atomic E-state index is 0.00914. The SMILES string of the molecule is COc1ccc(O)c(C(=O)CCCCCN2CCC(C(=O)c3ccc(F)cc3)CC2)c1. The quantitative estimate of drug-likeness (QED) is 0.432. The third-order valence-electron chi connectivity index (χ3n) is 5.97. The molecule has 6 heteroatoms. The molecule has 1 heterocycles. The molecule has 1 aliphatic rings. The van der Waals surface area contributed by atoms with Gasteiger partial charge >= 0.3 is 0 Å². The van der Waals surface area contributed by atoms with Crippen LogP contribution in [0, 0.1) is 11.7 Å². The molecule has 31 heavy (non-hydrogen) atoms. The molecular weight excluding hydrogens is 397 g/mol. The fraction of sp³-hybridized carbons (Fsp3) is 0.440. The van der Waals surface area contributed by atoms with E-state index in [4.69, 9.17) is 4.74 Å². The van der Waals surface area contributed by atoms with Crippen LogP contribution >= 0.6 is 0 Å². The highest BCUT2D eigenvalue weighted by Gasteiger charge is 2.25. The zero-order chi connectivity index (χ0) is 22.2. The van der Waals surface area contributed by atoms with E-state index in [9.17, 15) is 19.1 Å². The highest BCUT2D eigenvalue weighted by molar-refractivity contribution is 5.99. The number of hydrogen-bond donors (Lipinski definition) is 1. The van der Waals surface area contributed by atoms with Crippen LogP contribution in [0.25, 0.3) is 0 Å². The van der Waals surface area contributed by atoms with Crippen LogP contribution in [-0.4, -0.2) is 48.3 Å². The van der Waals surface area contributed by atoms with Gasteiger partial charge in [0.05, 0.1) is 12.7 Å². The van der Waals surface area contributed by atoms with Crippen LogP contribution in [0.2, 0.25) is 0 Å². The molecule has 5 nitrogen and oxygen atoms in total. The Balaban J connectivity index is 1.34. The highest BCUT2D eigenvalue weighted by Crippen LogP contribution is 2.25. The molecule has 1 saturated heterocycles. The van der Waals surface area contributed by atoms with Gasteiger partial charge in [-0.1, -0.05) is 6.42 Å². The van der Waals surface area contributed by atoms with Crippen molar-refractivity contribution in [3.8, 4) is 11.5 Å². The molecule has 166 valence electrons. The maximum absolute atomic E-state index is 13.0. The van der Waals surface area contributed by atoms with E-state index >= 15 is 0 Å². The van der Waals surface area contributed by atoms with E-state index in [1.807, 2.05) is 0 Å². The van der Waals surface area contributed by atoms with Crippen molar-refractivity contribution < 1.29 is 23.8 Å². The van der Waals surface area contributed by atoms with Crippen LogP contribution in [0.5, 0.6) is 11.5 Å². The van der Waals surface area contributed by atoms with E-state index < -0.39 is 0 Å². The van der Waals surface area contributed by atoms with Crippen molar-refractivity contribution in [1.29, 1.82) is 0 Å². The first-order valence-electron chi connectivity index (χ1n) is 10.9. The first-order valence-corrected chi connectivity index (χ1v) is 10.9. The zero-order valence-corrected chi connectivity index (χ0v) is 18.0. The molecule has 3 rings (SSSR count). The number of rotatable bonds is 10. The minimum atomic E-state index is -0.326. The number of nitrogens with zero attached hydrogens (tertiary/aromatic N) is 1. The van der Waals surface area contributed by atoms with Gasteiger partial charge in [0.15, 0.2) is 11.6 Å². The van der Waals surface area contributed by atoms with Gasteiger partial charge in [0.25, 0.3) is 0 Å². The number of halogens is 1. The van der Waals surface area contributed by atoms with Gasteiger partial charge in [-0.15, -0.1) is 0 Å². The summed E-state index contributed by atoms with van der Waals surface area (Å²) in [5.41, 5.74) is 0.902. The first-order chi connectivity index (χ1) is 15.0. The smallest absolute Gasteiger partial charge is 0.166 e. The molecule has 0 aliphatic carbocycles. The molecule has 0 aromatic heterocycles. The van der Waals surface area contributed by atoms with Gasteiger partial charge < -0.3 is 14.7 Å². The Kier molecular flexibility index (Phi) is 8.18. The van der Waals surface area contributed by atoms with Crippen molar-refractivity contribution in [1.82, 2.24) is 4.90 Å². The fourth-order valence-corrected chi connectivity index (χ4v) is 4.07. The topological polar surface area (TPSA) is 66.8 Å². The summed E-state index contributed by atoms with van der Waals surface area (Å²) in [6, 6.07) is 10.5. The molecule has 1 aliphatic heterocycles. The summed E-state index contributed by atoms with van der Waals surface area (Å²) in [7, 11) is 1.53. The number of carbonyl (C=O) groups excluding carboxylic acids is 2. The van der Waals surface area contributed by atoms with Crippen molar-refractivity contribution in [3.63, 3.8) is 0 Å². The van der Waals surface area contributed by atoms with Crippen molar-refractivity contribution in [2.24, 2.45) is 5.92 Å². The van der Waals surface area contributed by atoms with E-state index in [0.717, 1.165) is 51.7 Å². The molecule has 0 saturated carbocycles. The van der Waals surface area contributed by atoms with Crippen LogP contribution in [0.3, 0.4) is 0 Å². The second-order valence-corrected chi connectivity index (χ2v) is 8.10. The normalized spacial score (nSPS) is 15.0. The number of ether oxygens (including phenoxy) is 1. The highest BCUT2D eigenvalue weighted by atomic mass is 19.1. The lowest BCUT2D eigenvalue weighted by molar-refractivity contribution is 0.0839. The van der Waals surface area contributed by atoms with E-state index in [2.05, 4.69) is 4.90 Å². The number of methoxy groups -OCH3 is 1. The average molecular weight is 428 g/mol. The van der Waals surface area contributed by atoms with Crippen molar-refractivity contribution in [2.75, 3.05) is 26.7 Å². The van der Waals surface area contributed by atoms with Gasteiger partial charge in [0.1, 0.15) is 17.3 Å². The Labute approximate surface area is 182 Å². The maximum atomic E-state index is 13.0. The lowest BCUT2D eigenvalue weighted by Gasteiger charge is -2.31. The predicted octanol–water partition coefficient (Wildman–Crippen LogP) is 4.88. The maximum Gasteiger partial charge on any atom is 0.166 e. The molecule has 2 aromatic rings. The minimum Gasteiger partial charge on any atom is -0.507 e. The van der Waals surface area contributed by atoms with E-state index in [1.165, 1.54) is 25.3 Å². The lowest BCUT2D eigenvalue weighted by Crippen LogP contribution is -2.36. The number of likely N-dealkylation sites (tertiary alicyclic amines) is 1. The molecular formula is C25H30FNO4. The third kappa shape index (κ3) is 6.37. The standard InChI is InChI=1S/C25H30FNO4/c1-31-21-10-11-24(29)22(17-21)23(28)5-3-2-4-14-27-15-12-19(13-16-27)25(30)18-6-8-20(26)9-7-18/h6-11,17,19,29H,2-5,12-16H2,1H3. The van der Waals surface area contributed by atoms with Crippen LogP contribution in [0.4, 0.5) is 4.39 Å². The molecule has 0 atom stereocenters. The number of piperidine rings is 1. The molecule has 0 radical (unpaired) electrons. The van der Waals surface area contributed by atoms with Crippen LogP contribution in [0.15, 0.2) is 42.5 Å². The van der Waals surface area contributed by atoms with Gasteiger partial charge in [0, 0.05) is 17.9 Å². The lowest BCUT2D eigenvalue weighted by atomic mass is 9.89. The Morgan fingerprint density at radius 2 is 1.77 bits per heavy atom. The molecule has 2 aromatic carbocycles. The van der Waals surface area contributed by atoms with Crippen molar-refractivity contribution in [2.45, 2.75) is 38.5 Å². The van der Waals surface area contributed by atoms with Gasteiger partial charge in [-0.05, 0) is 87.8 Å². The second-order valence-electron chi connectivity index (χ2n) is 8.10. The Bertz CT molecular complexity index is 889. The number of aromatic hydroxyl groups is 1. The molecule has 0 unspecified atom stereocenters. The van der Waals surface area contributed by atoms with Crippen LogP contribution in [-0.2, 0) is 0 Å². The summed E-state index contributed by atoms with van der Waals surface area (Å²) >= 11 is 0. The number of benzene rings is 2. The summed E-state index contributed by atoms with van der Waals surface area (Å²) in [6.07, 6.45) is 4.75. The summed E-state index contributed by atoms with van der Waals surface area (Å²) in [5.74, 6) is 0.269. The van der Waals surface area contributed by atoms with E-state index in [-0.39, 0.29) is 29.1 Å². The zero-order valence-electron chi connectivity index (χ0n) is 18.0. The monoisotopic (exact) mass is 427 g/mol. The summed E-state index contributed by atoms with van der Waals surface area (Å²) in [4.78, 5) is 27.3. The molecule has 0 spiro atoms. The number of ketones is 2. The fourth-order valence-electron chi connectivity index (χ4n) is 4.07. The van der Waals surface area contributed by atoms with E-state index in [1.54, 1.807) is 24.3 Å². The Hall–Kier alpha value is -2.73. The van der Waals surface area contributed by atoms with E-state index in [0.29, 0.717) is 23.3 Å². The summed E-state index contributed by atoms with van der Waals surface area (Å²) in [5, 5.41) is 9.90. The van der Waals surface area contributed by atoms with Gasteiger partial charge in [0.2, 0.25) is 0 Å². The number of unbranched alkanes of at least 4 members (excludes halogenated alkanes) is 2. The molecule has 0 bridgehead atoms. The van der Waals surface area contributed by atoms with Crippen molar-refractivity contribution >= 4 is 11.6 Å². The summed E-state index contributed by atoms with van der Waals surface area (Å²) in [6.45, 7) is 2.72. The summed E-state index contributed by atoms with van der Waals surface area (Å²) < 4.78 is 18.2. The predicted molar refractivity (Wildman–Crippen MR) is 117 cm³/mol. The number of phenolic OH excluding ortho intramolecular Hbond substituents is 1. The Morgan fingerprint density at radius 3 is 2.45 bits per heavy atom. The largest absolute Gasteiger partial charge is 0.507 e. The van der Waals surface area contributed by atoms with Crippen molar-refractivity contribution in [3.05, 3.63) is 59.4 Å². The number of phenols is 1. The first kappa shape index (κ1) is 22.9. The van der Waals surface area contributed by atoms with Gasteiger partial charge in [-0.2, -0.15) is 0 Å². The molecule has 0 amide bonds. The second kappa shape index (κ2) is 11.0. The van der Waals surface area contributed by atoms with Crippen LogP contribution < -0.4 is 4.74 Å². The number of carbonyl (C=O) groups is 2.